The first-order valence-corrected chi connectivity index (χ1v) is 6.63. The van der Waals surface area contributed by atoms with Crippen LogP contribution in [0.2, 0.25) is 0 Å². The zero-order chi connectivity index (χ0) is 14.3. The van der Waals surface area contributed by atoms with Crippen molar-refractivity contribution in [2.24, 2.45) is 23.4 Å². The summed E-state index contributed by atoms with van der Waals surface area (Å²) in [4.78, 5) is 0. The van der Waals surface area contributed by atoms with Gasteiger partial charge in [0.05, 0.1) is 0 Å². The van der Waals surface area contributed by atoms with E-state index in [-0.39, 0.29) is 5.41 Å². The molecule has 1 heterocycles. The van der Waals surface area contributed by atoms with Crippen molar-refractivity contribution in [3.8, 4) is 0 Å². The quantitative estimate of drug-likeness (QED) is 0.216. The molecule has 0 bridgehead atoms. The number of hydrogen-bond donors (Lipinski definition) is 3. The van der Waals surface area contributed by atoms with Crippen LogP contribution in [0, 0.1) is 5.41 Å². The van der Waals surface area contributed by atoms with Crippen LogP contribution in [-0.2, 0) is 13.5 Å². The third kappa shape index (κ3) is 4.90. The van der Waals surface area contributed by atoms with Gasteiger partial charge in [-0.25, -0.2) is 0 Å². The molecule has 0 unspecified atom stereocenters. The summed E-state index contributed by atoms with van der Waals surface area (Å²) in [5, 5.41) is 19.3. The van der Waals surface area contributed by atoms with Crippen molar-refractivity contribution < 1.29 is 5.21 Å². The van der Waals surface area contributed by atoms with E-state index in [0.717, 1.165) is 32.4 Å². The summed E-state index contributed by atoms with van der Waals surface area (Å²) in [6, 6.07) is 2.03. The van der Waals surface area contributed by atoms with Gasteiger partial charge in [-0.05, 0) is 25.5 Å². The van der Waals surface area contributed by atoms with Crippen molar-refractivity contribution in [3.63, 3.8) is 0 Å². The van der Waals surface area contributed by atoms with Gasteiger partial charge in [-0.3, -0.25) is 4.68 Å². The molecule has 0 aromatic carbocycles. The van der Waals surface area contributed by atoms with Crippen molar-refractivity contribution in [2.75, 3.05) is 13.1 Å². The lowest BCUT2D eigenvalue weighted by Gasteiger charge is -2.22. The summed E-state index contributed by atoms with van der Waals surface area (Å²) in [6.45, 7) is 5.83. The second-order valence-corrected chi connectivity index (χ2v) is 5.42. The molecular formula is C13H25N5O. The fourth-order valence-electron chi connectivity index (χ4n) is 1.91. The zero-order valence-corrected chi connectivity index (χ0v) is 12.1. The summed E-state index contributed by atoms with van der Waals surface area (Å²) in [6.07, 6.45) is 4.67. The molecule has 0 aliphatic carbocycles. The maximum atomic E-state index is 8.68. The van der Waals surface area contributed by atoms with Crippen molar-refractivity contribution in [1.82, 2.24) is 15.1 Å². The Bertz CT molecular complexity index is 411. The van der Waals surface area contributed by atoms with E-state index >= 15 is 0 Å². The van der Waals surface area contributed by atoms with Crippen LogP contribution in [0.25, 0.3) is 0 Å². The lowest BCUT2D eigenvalue weighted by Crippen LogP contribution is -2.32. The van der Waals surface area contributed by atoms with E-state index in [2.05, 4.69) is 15.6 Å². The molecule has 108 valence electrons. The van der Waals surface area contributed by atoms with E-state index in [4.69, 9.17) is 10.9 Å². The Hall–Kier alpha value is -1.56. The summed E-state index contributed by atoms with van der Waals surface area (Å²) in [5.41, 5.74) is 6.62. The van der Waals surface area contributed by atoms with Crippen molar-refractivity contribution in [3.05, 3.63) is 18.0 Å². The average Bonchev–Trinajstić information content (AvgIpc) is 2.78. The molecule has 1 aromatic rings. The first kappa shape index (κ1) is 15.5. The molecule has 1 rings (SSSR count). The molecule has 4 N–H and O–H groups in total. The van der Waals surface area contributed by atoms with Gasteiger partial charge >= 0.3 is 0 Å². The highest BCUT2D eigenvalue weighted by molar-refractivity contribution is 5.85. The number of aromatic nitrogens is 2. The molecule has 0 saturated carbocycles. The summed E-state index contributed by atoms with van der Waals surface area (Å²) < 4.78 is 1.89. The molecule has 6 heteroatoms. The molecule has 0 atom stereocenters. The molecule has 1 aromatic heterocycles. The fourth-order valence-corrected chi connectivity index (χ4v) is 1.91. The number of amidine groups is 1. The lowest BCUT2D eigenvalue weighted by atomic mass is 9.86. The highest BCUT2D eigenvalue weighted by atomic mass is 16.4. The van der Waals surface area contributed by atoms with E-state index < -0.39 is 0 Å². The van der Waals surface area contributed by atoms with Crippen LogP contribution in [0.3, 0.4) is 0 Å². The van der Waals surface area contributed by atoms with Gasteiger partial charge in [-0.1, -0.05) is 19.0 Å². The van der Waals surface area contributed by atoms with Crippen LogP contribution in [-0.4, -0.2) is 33.9 Å². The summed E-state index contributed by atoms with van der Waals surface area (Å²) in [7, 11) is 1.95. The van der Waals surface area contributed by atoms with E-state index in [9.17, 15) is 0 Å². The third-order valence-corrected chi connectivity index (χ3v) is 3.44. The Kier molecular flexibility index (Phi) is 5.82. The fraction of sp³-hybridized carbons (Fsp3) is 0.692. The molecular weight excluding hydrogens is 242 g/mol. The van der Waals surface area contributed by atoms with Crippen LogP contribution in [0.4, 0.5) is 0 Å². The normalized spacial score (nSPS) is 12.9. The first-order chi connectivity index (χ1) is 8.97. The molecule has 0 saturated heterocycles. The predicted octanol–water partition coefficient (Wildman–Crippen LogP) is 1.11. The van der Waals surface area contributed by atoms with E-state index in [1.807, 2.05) is 37.8 Å². The predicted molar refractivity (Wildman–Crippen MR) is 76.2 cm³/mol. The number of nitrogens with one attached hydrogen (secondary N) is 1. The van der Waals surface area contributed by atoms with Gasteiger partial charge in [0.25, 0.3) is 0 Å². The number of oxime groups is 1. The molecule has 0 aliphatic rings. The third-order valence-electron chi connectivity index (χ3n) is 3.44. The van der Waals surface area contributed by atoms with Crippen molar-refractivity contribution in [1.29, 1.82) is 0 Å². The van der Waals surface area contributed by atoms with Gasteiger partial charge in [0.2, 0.25) is 0 Å². The minimum Gasteiger partial charge on any atom is -0.409 e. The lowest BCUT2D eigenvalue weighted by molar-refractivity contribution is 0.304. The first-order valence-electron chi connectivity index (χ1n) is 6.63. The van der Waals surface area contributed by atoms with Gasteiger partial charge in [0.1, 0.15) is 5.84 Å². The van der Waals surface area contributed by atoms with Gasteiger partial charge in [-0.15, -0.1) is 0 Å². The average molecular weight is 267 g/mol. The molecule has 0 fully saturated rings. The van der Waals surface area contributed by atoms with Crippen LogP contribution < -0.4 is 11.1 Å². The number of aryl methyl sites for hydroxylation is 1. The van der Waals surface area contributed by atoms with Crippen LogP contribution in [0.1, 0.15) is 32.4 Å². The van der Waals surface area contributed by atoms with E-state index in [0.29, 0.717) is 5.84 Å². The number of rotatable bonds is 8. The topological polar surface area (TPSA) is 88.5 Å². The number of nitrogens with zero attached hydrogens (tertiary/aromatic N) is 3. The van der Waals surface area contributed by atoms with Crippen molar-refractivity contribution in [2.45, 2.75) is 33.1 Å². The second kappa shape index (κ2) is 7.13. The molecule has 0 amide bonds. The minimum absolute atomic E-state index is 0.252. The molecule has 0 radical (unpaired) electrons. The molecule has 19 heavy (non-hydrogen) atoms. The van der Waals surface area contributed by atoms with E-state index in [1.54, 1.807) is 0 Å². The Morgan fingerprint density at radius 3 is 2.84 bits per heavy atom. The van der Waals surface area contributed by atoms with Gasteiger partial charge in [-0.2, -0.15) is 5.10 Å². The van der Waals surface area contributed by atoms with Gasteiger partial charge < -0.3 is 16.3 Å². The van der Waals surface area contributed by atoms with Gasteiger partial charge in [0.15, 0.2) is 0 Å². The van der Waals surface area contributed by atoms with Gasteiger partial charge in [0, 0.05) is 37.3 Å². The Morgan fingerprint density at radius 2 is 2.26 bits per heavy atom. The Balaban J connectivity index is 2.14. The van der Waals surface area contributed by atoms with Crippen LogP contribution in [0.15, 0.2) is 17.4 Å². The number of nitrogens with two attached hydrogens (primary N) is 1. The standard InChI is InChI=1S/C13H25N5O/c1-13(2,12(14)17-19)7-4-8-15-9-5-11-6-10-16-18(11)3/h6,10,15,19H,4-5,7-9H2,1-3H3,(H2,14,17). The summed E-state index contributed by atoms with van der Waals surface area (Å²) >= 11 is 0. The SMILES string of the molecule is Cn1nccc1CCNCCCC(C)(C)/C(N)=N/O. The van der Waals surface area contributed by atoms with Crippen molar-refractivity contribution >= 4 is 5.84 Å². The Labute approximate surface area is 114 Å². The molecule has 0 aliphatic heterocycles. The maximum Gasteiger partial charge on any atom is 0.144 e. The zero-order valence-electron chi connectivity index (χ0n) is 12.1. The largest absolute Gasteiger partial charge is 0.409 e. The summed E-state index contributed by atoms with van der Waals surface area (Å²) in [5.74, 6) is 0.294. The van der Waals surface area contributed by atoms with Crippen LogP contribution in [0.5, 0.6) is 0 Å². The smallest absolute Gasteiger partial charge is 0.144 e. The molecule has 0 spiro atoms. The highest BCUT2D eigenvalue weighted by Crippen LogP contribution is 2.21. The monoisotopic (exact) mass is 267 g/mol. The minimum atomic E-state index is -0.252. The highest BCUT2D eigenvalue weighted by Gasteiger charge is 2.22. The van der Waals surface area contributed by atoms with Crippen LogP contribution >= 0.6 is 0 Å². The maximum absolute atomic E-state index is 8.68. The second-order valence-electron chi connectivity index (χ2n) is 5.42. The number of hydrogen-bond acceptors (Lipinski definition) is 4. The van der Waals surface area contributed by atoms with E-state index in [1.165, 1.54) is 5.69 Å². The Morgan fingerprint density at radius 1 is 1.53 bits per heavy atom. The molecule has 6 nitrogen and oxygen atoms in total.